The summed E-state index contributed by atoms with van der Waals surface area (Å²) in [5.74, 6) is 0.791. The van der Waals surface area contributed by atoms with Crippen molar-refractivity contribution < 1.29 is 42.3 Å². The van der Waals surface area contributed by atoms with Crippen molar-refractivity contribution in [3.8, 4) is 68.0 Å². The molecule has 3 aromatic carbocycles. The van der Waals surface area contributed by atoms with E-state index in [2.05, 4.69) is 91.7 Å². The van der Waals surface area contributed by atoms with Crippen LogP contribution in [0.4, 0.5) is 36.6 Å². The molecular weight excluding hydrogens is 1200 g/mol. The quantitative estimate of drug-likeness (QED) is 0.0410. The summed E-state index contributed by atoms with van der Waals surface area (Å²) in [5.41, 5.74) is 10.3. The number of methoxy groups -OCH3 is 2. The van der Waals surface area contributed by atoms with Crippen LogP contribution in [0.2, 0.25) is 0 Å². The number of nitrogens with zero attached hydrogens (tertiary/aromatic N) is 12. The summed E-state index contributed by atoms with van der Waals surface area (Å²) < 4.78 is 34.8. The molecule has 9 aromatic heterocycles. The molecule has 0 unspecified atom stereocenters. The number of ether oxygens (including phenoxy) is 3. The number of carbonyl (C=O) groups excluding carboxylic acids is 4. The molecule has 0 bridgehead atoms. The maximum atomic E-state index is 14.5. The molecule has 12 aromatic rings. The van der Waals surface area contributed by atoms with E-state index in [1.165, 1.54) is 36.2 Å². The van der Waals surface area contributed by atoms with E-state index in [0.717, 1.165) is 46.6 Å². The van der Waals surface area contributed by atoms with Crippen LogP contribution in [0, 0.1) is 5.82 Å². The van der Waals surface area contributed by atoms with Crippen molar-refractivity contribution in [2.75, 3.05) is 49.9 Å². The molecule has 1 aliphatic rings. The molecule has 0 radical (unpaired) electrons. The molecule has 29 nitrogen and oxygen atoms in total. The molecule has 9 heterocycles. The van der Waals surface area contributed by atoms with Crippen molar-refractivity contribution >= 4 is 75.0 Å². The number of anilines is 3. The summed E-state index contributed by atoms with van der Waals surface area (Å²) >= 11 is 0. The lowest BCUT2D eigenvalue weighted by Crippen LogP contribution is -2.37. The van der Waals surface area contributed by atoms with Gasteiger partial charge >= 0.3 is 29.7 Å². The molecule has 13 rings (SSSR count). The number of aromatic nitrogens is 15. The number of fused-ring (bicyclic) bond motifs is 3. The van der Waals surface area contributed by atoms with Gasteiger partial charge in [0.05, 0.1) is 55.0 Å². The fourth-order valence-corrected chi connectivity index (χ4v) is 9.51. The van der Waals surface area contributed by atoms with Crippen LogP contribution in [0.15, 0.2) is 146 Å². The van der Waals surface area contributed by atoms with Gasteiger partial charge in [0.2, 0.25) is 29.7 Å². The summed E-state index contributed by atoms with van der Waals surface area (Å²) in [7, 11) is 4.76. The molecular formula is C63H61FN21O8+. The van der Waals surface area contributed by atoms with Gasteiger partial charge in [-0.2, -0.15) is 4.57 Å². The highest BCUT2D eigenvalue weighted by molar-refractivity contribution is 6.00. The number of carbonyl (C=O) groups is 4. The second-order valence-corrected chi connectivity index (χ2v) is 20.6. The number of nitrogens with one attached hydrogen (secondary N) is 9. The maximum Gasteiger partial charge on any atom is 0.413 e. The van der Waals surface area contributed by atoms with Crippen LogP contribution in [-0.4, -0.2) is 133 Å². The number of hydrogen-bond donors (Lipinski definition) is 9. The fourth-order valence-electron chi connectivity index (χ4n) is 9.51. The van der Waals surface area contributed by atoms with Crippen LogP contribution in [0.5, 0.6) is 11.8 Å². The van der Waals surface area contributed by atoms with E-state index >= 15 is 0 Å². The molecule has 6 amide bonds. The largest absolute Gasteiger partial charge is 0.497 e. The van der Waals surface area contributed by atoms with Crippen molar-refractivity contribution in [3.63, 3.8) is 0 Å². The molecule has 0 aliphatic heterocycles. The molecule has 30 heteroatoms. The van der Waals surface area contributed by atoms with E-state index in [0.29, 0.717) is 80.4 Å². The molecule has 0 spiro atoms. The summed E-state index contributed by atoms with van der Waals surface area (Å²) in [6.45, 7) is 6.59. The topological polar surface area (TPSA) is 362 Å². The Morgan fingerprint density at radius 2 is 1.33 bits per heavy atom. The lowest BCUT2D eigenvalue weighted by molar-refractivity contribution is -0.597. The zero-order valence-electron chi connectivity index (χ0n) is 50.9. The number of pyridine rings is 3. The lowest BCUT2D eigenvalue weighted by Gasteiger charge is -2.08. The van der Waals surface area contributed by atoms with E-state index in [-0.39, 0.29) is 53.7 Å². The van der Waals surface area contributed by atoms with Crippen LogP contribution >= 0.6 is 0 Å². The third-order valence-corrected chi connectivity index (χ3v) is 14.1. The number of amides is 6. The Hall–Kier alpha value is -12.5. The van der Waals surface area contributed by atoms with Gasteiger partial charge in [0.1, 0.15) is 45.8 Å². The minimum Gasteiger partial charge on any atom is -0.497 e. The van der Waals surface area contributed by atoms with Gasteiger partial charge in [0.15, 0.2) is 6.20 Å². The SMILES string of the molecule is CCNC(=O)Nc1nc2c(-c3cc(OC)ccn3)cc(-[n+]3ccn(C)c(=O)c3)cc2[nH]1.CCNC(=O)Nc1nc2c(-c3ncccc3F)cc(-c3cnc(OC)nc3)cc2[nH]1.CCOC(=O)Nc1nc2c(-c3ccccn3)cc(-n3cnc(C(=O)NC4CC4)c3)cc2[nH]1. The molecule has 472 valence electrons. The van der Waals surface area contributed by atoms with Crippen molar-refractivity contribution in [1.29, 1.82) is 0 Å². The van der Waals surface area contributed by atoms with Gasteiger partial charge in [-0.05, 0) is 93.8 Å². The lowest BCUT2D eigenvalue weighted by atomic mass is 10.0. The number of rotatable bonds is 16. The van der Waals surface area contributed by atoms with Crippen molar-refractivity contribution in [2.45, 2.75) is 39.7 Å². The van der Waals surface area contributed by atoms with Crippen molar-refractivity contribution in [1.82, 2.24) is 84.9 Å². The molecule has 9 N–H and O–H groups in total. The monoisotopic (exact) mass is 1260 g/mol. The predicted octanol–water partition coefficient (Wildman–Crippen LogP) is 8.39. The highest BCUT2D eigenvalue weighted by Crippen LogP contribution is 2.36. The Labute approximate surface area is 527 Å². The van der Waals surface area contributed by atoms with Crippen LogP contribution < -0.4 is 51.5 Å². The number of aromatic amines is 3. The first-order valence-corrected chi connectivity index (χ1v) is 29.1. The molecule has 1 saturated carbocycles. The standard InChI is InChI=1S/C22H21N7O3.C21H21N7O3.C20H18FN7O2/c1-2-32-22(31)28-21-26-17-10-14(9-15(19(17)27-21)16-5-3-4-8-23-16)29-11-18(24-12-29)20(30)25-13-6-7-13;1-4-22-21(30)26-20-24-17-10-13(28-8-7-27(2)18(29)12-28)9-15(19(17)25-20)16-11-14(31-3)5-6-23-16;1-3-22-19(29)28-18-26-15-8-11(12-9-24-20(30-2)25-10-12)7-13(17(15)27-18)16-14(21)5-4-6-23-16/h3-5,8-13H,2,6-7H2,1H3,(H,25,30)(H2,26,27,28,31);5-12H,4H2,1-3H3,(H2,22,29,30);4-10H,3H2,1-2H3,(H3,22,26,27,28,29)/p+1. The molecule has 1 aliphatic carbocycles. The van der Waals surface area contributed by atoms with Gasteiger partial charge in [-0.15, -0.1) is 0 Å². The number of H-pyrrole nitrogens is 3. The summed E-state index contributed by atoms with van der Waals surface area (Å²) in [6, 6.07) is 22.9. The highest BCUT2D eigenvalue weighted by Gasteiger charge is 2.26. The molecule has 0 atom stereocenters. The van der Waals surface area contributed by atoms with Crippen molar-refractivity contribution in [2.24, 2.45) is 7.05 Å². The second-order valence-electron chi connectivity index (χ2n) is 20.6. The Morgan fingerprint density at radius 1 is 0.677 bits per heavy atom. The van der Waals surface area contributed by atoms with E-state index < -0.39 is 17.9 Å². The Morgan fingerprint density at radius 3 is 1.97 bits per heavy atom. The second kappa shape index (κ2) is 27.9. The Bertz CT molecular complexity index is 4770. The average Bonchev–Trinajstić information content (AvgIpc) is 1.71. The number of urea groups is 2. The number of hydrogen-bond acceptors (Lipinski definition) is 17. The molecule has 1 fully saturated rings. The summed E-state index contributed by atoms with van der Waals surface area (Å²) in [4.78, 5) is 108. The highest BCUT2D eigenvalue weighted by atomic mass is 19.1. The number of aryl methyl sites for hydroxylation is 1. The number of halogens is 1. The summed E-state index contributed by atoms with van der Waals surface area (Å²) in [6.07, 6.45) is 17.8. The van der Waals surface area contributed by atoms with E-state index in [4.69, 9.17) is 14.2 Å². The van der Waals surface area contributed by atoms with Gasteiger partial charge in [-0.1, -0.05) is 6.07 Å². The van der Waals surface area contributed by atoms with E-state index in [1.807, 2.05) is 62.4 Å². The first-order chi connectivity index (χ1) is 45.2. The van der Waals surface area contributed by atoms with E-state index in [1.54, 1.807) is 98.1 Å². The third-order valence-electron chi connectivity index (χ3n) is 14.1. The smallest absolute Gasteiger partial charge is 0.413 e. The van der Waals surface area contributed by atoms with E-state index in [9.17, 15) is 28.4 Å². The zero-order valence-corrected chi connectivity index (χ0v) is 50.9. The molecule has 0 saturated heterocycles. The average molecular weight is 1260 g/mol. The van der Waals surface area contributed by atoms with Gasteiger partial charge in [-0.25, -0.2) is 48.7 Å². The van der Waals surface area contributed by atoms with Gasteiger partial charge < -0.3 is 54.2 Å². The number of benzene rings is 3. The van der Waals surface area contributed by atoms with Crippen LogP contribution in [0.3, 0.4) is 0 Å². The Kier molecular flexibility index (Phi) is 18.6. The van der Waals surface area contributed by atoms with Crippen LogP contribution in [0.25, 0.3) is 89.4 Å². The minimum absolute atomic E-state index is 0.146. The Balaban J connectivity index is 0.000000143. The maximum absolute atomic E-state index is 14.5. The first-order valence-electron chi connectivity index (χ1n) is 29.1. The summed E-state index contributed by atoms with van der Waals surface area (Å²) in [5, 5.41) is 16.1. The van der Waals surface area contributed by atoms with Gasteiger partial charge in [0, 0.05) is 110 Å². The van der Waals surface area contributed by atoms with Gasteiger partial charge in [0.25, 0.3) is 5.91 Å². The fraction of sp³-hybridized carbons (Fsp3) is 0.190. The first kappa shape index (κ1) is 62.1. The minimum atomic E-state index is -0.591. The molecule has 93 heavy (non-hydrogen) atoms. The van der Waals surface area contributed by atoms with Crippen molar-refractivity contribution in [3.05, 3.63) is 163 Å². The predicted molar refractivity (Wildman–Crippen MR) is 342 cm³/mol. The van der Waals surface area contributed by atoms with Crippen LogP contribution in [-0.2, 0) is 11.8 Å². The van der Waals surface area contributed by atoms with Gasteiger partial charge in [-0.3, -0.25) is 40.5 Å². The zero-order chi connectivity index (χ0) is 65.1. The third kappa shape index (κ3) is 14.7. The van der Waals surface area contributed by atoms with Crippen LogP contribution in [0.1, 0.15) is 44.1 Å². The normalized spacial score (nSPS) is 11.6. The number of imidazole rings is 4.